The van der Waals surface area contributed by atoms with Gasteiger partial charge in [0.1, 0.15) is 11.5 Å². The summed E-state index contributed by atoms with van der Waals surface area (Å²) in [7, 11) is 1.65. The van der Waals surface area contributed by atoms with Crippen molar-refractivity contribution < 1.29 is 9.53 Å². The lowest BCUT2D eigenvalue weighted by Crippen LogP contribution is -2.27. The molecule has 0 aliphatic rings. The van der Waals surface area contributed by atoms with Crippen molar-refractivity contribution in [1.29, 1.82) is 0 Å². The highest BCUT2D eigenvalue weighted by atomic mass is 16.5. The van der Waals surface area contributed by atoms with Crippen molar-refractivity contribution in [3.05, 3.63) is 54.6 Å². The first-order chi connectivity index (χ1) is 9.01. The Balaban J connectivity index is 2.59. The SMILES string of the molecule is C=C[C@@](C)(C(C)=O)c1ccc2cc(OC)ccc2c1. The molecule has 0 radical (unpaired) electrons. The fourth-order valence-electron chi connectivity index (χ4n) is 2.14. The lowest BCUT2D eigenvalue weighted by atomic mass is 9.78. The Labute approximate surface area is 113 Å². The molecule has 2 aromatic carbocycles. The molecule has 0 saturated carbocycles. The summed E-state index contributed by atoms with van der Waals surface area (Å²) in [6.07, 6.45) is 1.71. The summed E-state index contributed by atoms with van der Waals surface area (Å²) >= 11 is 0. The van der Waals surface area contributed by atoms with Crippen LogP contribution in [0.3, 0.4) is 0 Å². The monoisotopic (exact) mass is 254 g/mol. The average molecular weight is 254 g/mol. The summed E-state index contributed by atoms with van der Waals surface area (Å²) < 4.78 is 5.21. The Morgan fingerprint density at radius 1 is 1.21 bits per heavy atom. The zero-order chi connectivity index (χ0) is 14.0. The van der Waals surface area contributed by atoms with Crippen LogP contribution in [0.25, 0.3) is 10.8 Å². The predicted molar refractivity (Wildman–Crippen MR) is 78.7 cm³/mol. The molecule has 0 aliphatic heterocycles. The number of hydrogen-bond acceptors (Lipinski definition) is 2. The minimum absolute atomic E-state index is 0.0929. The van der Waals surface area contributed by atoms with Crippen LogP contribution in [-0.4, -0.2) is 12.9 Å². The lowest BCUT2D eigenvalue weighted by Gasteiger charge is -2.23. The highest BCUT2D eigenvalue weighted by Gasteiger charge is 2.28. The number of ether oxygens (including phenoxy) is 1. The first-order valence-electron chi connectivity index (χ1n) is 6.24. The number of methoxy groups -OCH3 is 1. The van der Waals surface area contributed by atoms with E-state index in [1.54, 1.807) is 20.1 Å². The van der Waals surface area contributed by atoms with Gasteiger partial charge in [0.15, 0.2) is 0 Å². The predicted octanol–water partition coefficient (Wildman–Crippen LogP) is 3.88. The zero-order valence-corrected chi connectivity index (χ0v) is 11.6. The summed E-state index contributed by atoms with van der Waals surface area (Å²) in [4.78, 5) is 11.8. The normalized spacial score (nSPS) is 13.8. The zero-order valence-electron chi connectivity index (χ0n) is 11.6. The summed E-state index contributed by atoms with van der Waals surface area (Å²) in [6.45, 7) is 7.29. The van der Waals surface area contributed by atoms with Crippen LogP contribution in [0.1, 0.15) is 19.4 Å². The Morgan fingerprint density at radius 3 is 2.42 bits per heavy atom. The first kappa shape index (κ1) is 13.3. The van der Waals surface area contributed by atoms with Crippen molar-refractivity contribution in [1.82, 2.24) is 0 Å². The number of fused-ring (bicyclic) bond motifs is 1. The smallest absolute Gasteiger partial charge is 0.143 e. The first-order valence-corrected chi connectivity index (χ1v) is 6.24. The molecule has 0 saturated heterocycles. The molecule has 2 heteroatoms. The minimum atomic E-state index is -0.631. The summed E-state index contributed by atoms with van der Waals surface area (Å²) in [6, 6.07) is 11.9. The molecular formula is C17H18O2. The molecule has 0 bridgehead atoms. The molecule has 0 aliphatic carbocycles. The van der Waals surface area contributed by atoms with Crippen molar-refractivity contribution in [2.75, 3.05) is 7.11 Å². The van der Waals surface area contributed by atoms with E-state index in [-0.39, 0.29) is 5.78 Å². The largest absolute Gasteiger partial charge is 0.497 e. The molecule has 2 aromatic rings. The standard InChI is InChI=1S/C17H18O2/c1-5-17(3,12(2)18)15-8-6-14-11-16(19-4)9-7-13(14)10-15/h5-11H,1H2,2-4H3/t17-/m0/s1. The maximum atomic E-state index is 11.8. The van der Waals surface area contributed by atoms with E-state index < -0.39 is 5.41 Å². The Morgan fingerprint density at radius 2 is 1.84 bits per heavy atom. The van der Waals surface area contributed by atoms with E-state index in [1.165, 1.54) is 0 Å². The van der Waals surface area contributed by atoms with Gasteiger partial charge in [-0.15, -0.1) is 6.58 Å². The maximum Gasteiger partial charge on any atom is 0.143 e. The topological polar surface area (TPSA) is 26.3 Å². The van der Waals surface area contributed by atoms with E-state index in [4.69, 9.17) is 4.74 Å². The van der Waals surface area contributed by atoms with E-state index in [1.807, 2.05) is 43.3 Å². The van der Waals surface area contributed by atoms with E-state index in [9.17, 15) is 4.79 Å². The summed E-state index contributed by atoms with van der Waals surface area (Å²) in [5.41, 5.74) is 0.335. The van der Waals surface area contributed by atoms with Gasteiger partial charge in [-0.1, -0.05) is 24.3 Å². The van der Waals surface area contributed by atoms with Crippen LogP contribution in [0.4, 0.5) is 0 Å². The van der Waals surface area contributed by atoms with Crippen LogP contribution in [0.2, 0.25) is 0 Å². The molecule has 2 nitrogen and oxygen atoms in total. The fraction of sp³-hybridized carbons (Fsp3) is 0.235. The average Bonchev–Trinajstić information content (AvgIpc) is 2.44. The third kappa shape index (κ3) is 2.26. The molecule has 0 spiro atoms. The van der Waals surface area contributed by atoms with Crippen molar-refractivity contribution >= 4 is 16.6 Å². The number of rotatable bonds is 4. The number of carbonyl (C=O) groups is 1. The molecule has 0 amide bonds. The number of ketones is 1. The second-order valence-corrected chi connectivity index (χ2v) is 4.89. The van der Waals surface area contributed by atoms with Gasteiger partial charge in [-0.25, -0.2) is 0 Å². The van der Waals surface area contributed by atoms with Gasteiger partial charge in [0.25, 0.3) is 0 Å². The van der Waals surface area contributed by atoms with E-state index in [0.29, 0.717) is 0 Å². The molecule has 0 fully saturated rings. The molecule has 0 heterocycles. The van der Waals surface area contributed by atoms with E-state index >= 15 is 0 Å². The van der Waals surface area contributed by atoms with Gasteiger partial charge in [0.2, 0.25) is 0 Å². The number of Topliss-reactive ketones (excluding diaryl/α,β-unsaturated/α-hetero) is 1. The number of hydrogen-bond donors (Lipinski definition) is 0. The van der Waals surface area contributed by atoms with Gasteiger partial charge in [-0.2, -0.15) is 0 Å². The molecule has 2 rings (SSSR count). The number of benzene rings is 2. The summed E-state index contributed by atoms with van der Waals surface area (Å²) in [5, 5.41) is 2.19. The third-order valence-electron chi connectivity index (χ3n) is 3.79. The van der Waals surface area contributed by atoms with Gasteiger partial charge in [-0.05, 0) is 48.4 Å². The maximum absolute atomic E-state index is 11.8. The summed E-state index contributed by atoms with van der Waals surface area (Å²) in [5.74, 6) is 0.925. The van der Waals surface area contributed by atoms with Crippen molar-refractivity contribution in [3.63, 3.8) is 0 Å². The second-order valence-electron chi connectivity index (χ2n) is 4.89. The lowest BCUT2D eigenvalue weighted by molar-refractivity contribution is -0.120. The van der Waals surface area contributed by atoms with E-state index in [2.05, 4.69) is 6.58 Å². The van der Waals surface area contributed by atoms with Crippen molar-refractivity contribution in [3.8, 4) is 5.75 Å². The van der Waals surface area contributed by atoms with Crippen molar-refractivity contribution in [2.24, 2.45) is 0 Å². The number of carbonyl (C=O) groups excluding carboxylic acids is 1. The molecule has 0 aromatic heterocycles. The van der Waals surface area contributed by atoms with E-state index in [0.717, 1.165) is 22.1 Å². The fourth-order valence-corrected chi connectivity index (χ4v) is 2.14. The van der Waals surface area contributed by atoms with Gasteiger partial charge in [0, 0.05) is 0 Å². The highest BCUT2D eigenvalue weighted by Crippen LogP contribution is 2.30. The Kier molecular flexibility index (Phi) is 3.43. The molecule has 1 atom stereocenters. The van der Waals surface area contributed by atoms with Crippen LogP contribution < -0.4 is 4.74 Å². The van der Waals surface area contributed by atoms with Crippen LogP contribution >= 0.6 is 0 Å². The molecular weight excluding hydrogens is 236 g/mol. The van der Waals surface area contributed by atoms with Gasteiger partial charge < -0.3 is 4.74 Å². The highest BCUT2D eigenvalue weighted by molar-refractivity contribution is 5.92. The number of allylic oxidation sites excluding steroid dienone is 1. The van der Waals surface area contributed by atoms with Crippen LogP contribution in [0, 0.1) is 0 Å². The quantitative estimate of drug-likeness (QED) is 0.774. The Hall–Kier alpha value is -2.09. The minimum Gasteiger partial charge on any atom is -0.497 e. The van der Waals surface area contributed by atoms with Gasteiger partial charge >= 0.3 is 0 Å². The Bertz CT molecular complexity index is 643. The molecule has 98 valence electrons. The molecule has 0 N–H and O–H groups in total. The van der Waals surface area contributed by atoms with Crippen LogP contribution in [0.5, 0.6) is 5.75 Å². The molecule has 19 heavy (non-hydrogen) atoms. The van der Waals surface area contributed by atoms with Crippen molar-refractivity contribution in [2.45, 2.75) is 19.3 Å². The third-order valence-corrected chi connectivity index (χ3v) is 3.79. The van der Waals surface area contributed by atoms with Gasteiger partial charge in [-0.3, -0.25) is 4.79 Å². The van der Waals surface area contributed by atoms with Crippen LogP contribution in [0.15, 0.2) is 49.1 Å². The second kappa shape index (κ2) is 4.88. The molecule has 0 unspecified atom stereocenters. The van der Waals surface area contributed by atoms with Gasteiger partial charge in [0.05, 0.1) is 12.5 Å². The van der Waals surface area contributed by atoms with Crippen LogP contribution in [-0.2, 0) is 10.2 Å².